The number of aromatic amines is 1. The van der Waals surface area contributed by atoms with Gasteiger partial charge < -0.3 is 24.6 Å². The SMILES string of the molecule is COc1ccc(-c2[nH]c3ccc(-c4nnc(CN5CCCC5C(N)=O)o4)cc3c2C(C)C)cc1OC. The molecule has 2 aromatic heterocycles. The van der Waals surface area contributed by atoms with Crippen molar-refractivity contribution >= 4 is 16.8 Å². The maximum absolute atomic E-state index is 11.7. The third-order valence-electron chi connectivity index (χ3n) is 6.83. The highest BCUT2D eigenvalue weighted by Gasteiger charge is 2.30. The molecule has 0 aliphatic carbocycles. The van der Waals surface area contributed by atoms with E-state index in [0.29, 0.717) is 29.8 Å². The number of nitrogens with two attached hydrogens (primary N) is 1. The van der Waals surface area contributed by atoms with Gasteiger partial charge in [-0.3, -0.25) is 9.69 Å². The second-order valence-corrected chi connectivity index (χ2v) is 9.43. The Morgan fingerprint density at radius 1 is 1.14 bits per heavy atom. The molecule has 0 bridgehead atoms. The van der Waals surface area contributed by atoms with E-state index in [2.05, 4.69) is 35.1 Å². The van der Waals surface area contributed by atoms with Crippen molar-refractivity contribution in [1.82, 2.24) is 20.1 Å². The largest absolute Gasteiger partial charge is 0.493 e. The molecule has 9 heteroatoms. The molecule has 1 saturated heterocycles. The number of primary amides is 1. The predicted molar refractivity (Wildman–Crippen MR) is 137 cm³/mol. The number of likely N-dealkylation sites (tertiary alicyclic amines) is 1. The van der Waals surface area contributed by atoms with Gasteiger partial charge in [-0.15, -0.1) is 10.2 Å². The number of nitrogens with one attached hydrogen (secondary N) is 1. The number of nitrogens with zero attached hydrogens (tertiary/aromatic N) is 3. The number of carbonyl (C=O) groups excluding carboxylic acids is 1. The molecule has 3 N–H and O–H groups in total. The Balaban J connectivity index is 1.49. The fourth-order valence-corrected chi connectivity index (χ4v) is 5.11. The fraction of sp³-hybridized carbons (Fsp3) is 0.370. The molecular weight excluding hydrogens is 458 g/mol. The van der Waals surface area contributed by atoms with Gasteiger partial charge in [0.2, 0.25) is 17.7 Å². The van der Waals surface area contributed by atoms with Crippen molar-refractivity contribution in [3.8, 4) is 34.2 Å². The summed E-state index contributed by atoms with van der Waals surface area (Å²) in [5.41, 5.74) is 10.7. The van der Waals surface area contributed by atoms with Gasteiger partial charge in [-0.25, -0.2) is 0 Å². The molecule has 0 radical (unpaired) electrons. The number of ether oxygens (including phenoxy) is 2. The van der Waals surface area contributed by atoms with Gasteiger partial charge >= 0.3 is 0 Å². The standard InChI is InChI=1S/C27H31N5O4/c1-15(2)24-18-12-17(27-31-30-23(36-27)14-32-11-5-6-20(32)26(28)33)7-9-19(18)29-25(24)16-8-10-21(34-3)22(13-16)35-4/h7-10,12-13,15,20,29H,5-6,11,14H2,1-4H3,(H2,28,33). The van der Waals surface area contributed by atoms with E-state index in [9.17, 15) is 4.79 Å². The lowest BCUT2D eigenvalue weighted by atomic mass is 9.95. The monoisotopic (exact) mass is 489 g/mol. The molecule has 3 heterocycles. The quantitative estimate of drug-likeness (QED) is 0.375. The number of hydrogen-bond donors (Lipinski definition) is 2. The number of benzene rings is 2. The van der Waals surface area contributed by atoms with Crippen LogP contribution in [0.5, 0.6) is 11.5 Å². The summed E-state index contributed by atoms with van der Waals surface area (Å²) in [7, 11) is 3.27. The van der Waals surface area contributed by atoms with Crippen LogP contribution in [-0.2, 0) is 11.3 Å². The summed E-state index contributed by atoms with van der Waals surface area (Å²) in [4.78, 5) is 17.3. The zero-order valence-electron chi connectivity index (χ0n) is 21.0. The van der Waals surface area contributed by atoms with Crippen LogP contribution in [0.15, 0.2) is 40.8 Å². The van der Waals surface area contributed by atoms with Gasteiger partial charge in [0, 0.05) is 22.0 Å². The molecule has 4 aromatic rings. The van der Waals surface area contributed by atoms with Gasteiger partial charge in [-0.05, 0) is 67.3 Å². The lowest BCUT2D eigenvalue weighted by Gasteiger charge is -2.19. The number of carbonyl (C=O) groups is 1. The van der Waals surface area contributed by atoms with E-state index in [1.54, 1.807) is 14.2 Å². The van der Waals surface area contributed by atoms with Gasteiger partial charge in [0.25, 0.3) is 0 Å². The number of aromatic nitrogens is 3. The van der Waals surface area contributed by atoms with Crippen LogP contribution in [0.2, 0.25) is 0 Å². The molecule has 1 amide bonds. The van der Waals surface area contributed by atoms with E-state index in [4.69, 9.17) is 19.6 Å². The molecule has 1 aliphatic rings. The molecule has 9 nitrogen and oxygen atoms in total. The highest BCUT2D eigenvalue weighted by Crippen LogP contribution is 2.40. The van der Waals surface area contributed by atoms with Crippen LogP contribution in [0, 0.1) is 0 Å². The van der Waals surface area contributed by atoms with Crippen molar-refractivity contribution in [3.63, 3.8) is 0 Å². The Bertz CT molecular complexity index is 1410. The number of hydrogen-bond acceptors (Lipinski definition) is 7. The lowest BCUT2D eigenvalue weighted by Crippen LogP contribution is -2.39. The average Bonchev–Trinajstić information content (AvgIpc) is 3.61. The molecule has 2 aromatic carbocycles. The number of rotatable bonds is 8. The minimum absolute atomic E-state index is 0.260. The van der Waals surface area contributed by atoms with Crippen molar-refractivity contribution < 1.29 is 18.7 Å². The van der Waals surface area contributed by atoms with Crippen molar-refractivity contribution in [1.29, 1.82) is 0 Å². The van der Waals surface area contributed by atoms with E-state index in [0.717, 1.165) is 47.1 Å². The Morgan fingerprint density at radius 2 is 1.92 bits per heavy atom. The molecule has 1 aliphatic heterocycles. The fourth-order valence-electron chi connectivity index (χ4n) is 5.11. The van der Waals surface area contributed by atoms with Gasteiger partial charge in [0.15, 0.2) is 11.5 Å². The first-order valence-electron chi connectivity index (χ1n) is 12.1. The van der Waals surface area contributed by atoms with E-state index in [-0.39, 0.29) is 17.9 Å². The van der Waals surface area contributed by atoms with Crippen LogP contribution in [0.1, 0.15) is 44.1 Å². The molecule has 1 unspecified atom stereocenters. The van der Waals surface area contributed by atoms with Crippen molar-refractivity contribution in [2.75, 3.05) is 20.8 Å². The molecule has 188 valence electrons. The third-order valence-corrected chi connectivity index (χ3v) is 6.83. The Hall–Kier alpha value is -3.85. The Labute approximate surface area is 209 Å². The summed E-state index contributed by atoms with van der Waals surface area (Å²) in [6, 6.07) is 11.7. The topological polar surface area (TPSA) is 120 Å². The molecular formula is C27H31N5O4. The lowest BCUT2D eigenvalue weighted by molar-refractivity contribution is -0.122. The molecule has 36 heavy (non-hydrogen) atoms. The first kappa shape index (κ1) is 23.9. The summed E-state index contributed by atoms with van der Waals surface area (Å²) in [5, 5.41) is 9.62. The highest BCUT2D eigenvalue weighted by molar-refractivity contribution is 5.94. The summed E-state index contributed by atoms with van der Waals surface area (Å²) in [6.45, 7) is 5.55. The maximum Gasteiger partial charge on any atom is 0.247 e. The number of methoxy groups -OCH3 is 2. The summed E-state index contributed by atoms with van der Waals surface area (Å²) < 4.78 is 16.9. The van der Waals surface area contributed by atoms with Crippen LogP contribution in [0.25, 0.3) is 33.6 Å². The van der Waals surface area contributed by atoms with Crippen molar-refractivity contribution in [2.45, 2.75) is 45.2 Å². The second-order valence-electron chi connectivity index (χ2n) is 9.43. The number of H-pyrrole nitrogens is 1. The highest BCUT2D eigenvalue weighted by atomic mass is 16.5. The van der Waals surface area contributed by atoms with Crippen molar-refractivity contribution in [2.24, 2.45) is 5.73 Å². The summed E-state index contributed by atoms with van der Waals surface area (Å²) in [5.74, 6) is 2.24. The minimum Gasteiger partial charge on any atom is -0.493 e. The predicted octanol–water partition coefficient (Wildman–Crippen LogP) is 4.48. The first-order valence-corrected chi connectivity index (χ1v) is 12.1. The number of amides is 1. The smallest absolute Gasteiger partial charge is 0.247 e. The second kappa shape index (κ2) is 9.66. The summed E-state index contributed by atoms with van der Waals surface area (Å²) >= 11 is 0. The van der Waals surface area contributed by atoms with Gasteiger partial charge in [-0.2, -0.15) is 0 Å². The van der Waals surface area contributed by atoms with Crippen molar-refractivity contribution in [3.05, 3.63) is 47.9 Å². The van der Waals surface area contributed by atoms with E-state index in [1.807, 2.05) is 35.2 Å². The zero-order chi connectivity index (χ0) is 25.4. The molecule has 0 saturated carbocycles. The third kappa shape index (κ3) is 4.30. The van der Waals surface area contributed by atoms with Crippen LogP contribution in [0.3, 0.4) is 0 Å². The van der Waals surface area contributed by atoms with Crippen LogP contribution in [-0.4, -0.2) is 52.8 Å². The number of fused-ring (bicyclic) bond motifs is 1. The van der Waals surface area contributed by atoms with E-state index in [1.165, 1.54) is 5.56 Å². The maximum atomic E-state index is 11.7. The molecule has 5 rings (SSSR count). The van der Waals surface area contributed by atoms with E-state index < -0.39 is 0 Å². The molecule has 0 spiro atoms. The van der Waals surface area contributed by atoms with Gasteiger partial charge in [0.1, 0.15) is 0 Å². The van der Waals surface area contributed by atoms with Gasteiger partial charge in [-0.1, -0.05) is 13.8 Å². The Kier molecular flexibility index (Phi) is 6.40. The van der Waals surface area contributed by atoms with E-state index >= 15 is 0 Å². The zero-order valence-corrected chi connectivity index (χ0v) is 21.0. The average molecular weight is 490 g/mol. The molecule has 1 fully saturated rings. The van der Waals surface area contributed by atoms with Crippen LogP contribution >= 0.6 is 0 Å². The summed E-state index contributed by atoms with van der Waals surface area (Å²) in [6.07, 6.45) is 1.69. The van der Waals surface area contributed by atoms with Gasteiger partial charge in [0.05, 0.1) is 32.5 Å². The first-order chi connectivity index (χ1) is 17.4. The molecule has 1 atom stereocenters. The van der Waals surface area contributed by atoms with Crippen LogP contribution in [0.4, 0.5) is 0 Å². The Morgan fingerprint density at radius 3 is 2.64 bits per heavy atom. The minimum atomic E-state index is -0.309. The normalized spacial score (nSPS) is 16.2. The van der Waals surface area contributed by atoms with Crippen LogP contribution < -0.4 is 15.2 Å².